The Morgan fingerprint density at radius 3 is 1.60 bits per heavy atom. The fraction of sp³-hybridized carbons (Fsp3) is 0.368. The predicted octanol–water partition coefficient (Wildman–Crippen LogP) is 6.34. The first-order chi connectivity index (χ1) is 9.56. The third kappa shape index (κ3) is 4.11. The molecule has 2 aromatic carbocycles. The largest absolute Gasteiger partial charge is 0.0843 e. The Balaban J connectivity index is 1.91. The Bertz CT molecular complexity index is 473. The van der Waals surface area contributed by atoms with Crippen molar-refractivity contribution in [1.29, 1.82) is 0 Å². The van der Waals surface area contributed by atoms with Crippen LogP contribution in [0.1, 0.15) is 55.2 Å². The average Bonchev–Trinajstić information content (AvgIpc) is 2.46. The van der Waals surface area contributed by atoms with Crippen molar-refractivity contribution in [3.8, 4) is 0 Å². The molecule has 0 heterocycles. The topological polar surface area (TPSA) is 0 Å². The van der Waals surface area contributed by atoms with Gasteiger partial charge < -0.3 is 0 Å². The van der Waals surface area contributed by atoms with E-state index in [9.17, 15) is 0 Å². The summed E-state index contributed by atoms with van der Waals surface area (Å²) in [6.07, 6.45) is 2.42. The van der Waals surface area contributed by atoms with Crippen LogP contribution >= 0.6 is 11.6 Å². The van der Waals surface area contributed by atoms with Crippen LogP contribution < -0.4 is 0 Å². The highest BCUT2D eigenvalue weighted by Crippen LogP contribution is 2.28. The smallest absolute Gasteiger partial charge is 0.0406 e. The first-order valence-corrected chi connectivity index (χ1v) is 7.76. The van der Waals surface area contributed by atoms with E-state index in [0.717, 1.165) is 5.02 Å². The summed E-state index contributed by atoms with van der Waals surface area (Å²) in [6.45, 7) is 6.75. The molecule has 0 fully saturated rings. The zero-order valence-electron chi connectivity index (χ0n) is 12.6. The van der Waals surface area contributed by atoms with Gasteiger partial charge in [0.25, 0.3) is 0 Å². The highest BCUT2D eigenvalue weighted by atomic mass is 35.5. The number of hydrogen-bond donors (Lipinski definition) is 0. The van der Waals surface area contributed by atoms with Gasteiger partial charge in [0.2, 0.25) is 0 Å². The molecule has 0 saturated carbocycles. The van der Waals surface area contributed by atoms with Gasteiger partial charge in [-0.05, 0) is 54.9 Å². The summed E-state index contributed by atoms with van der Waals surface area (Å²) in [5, 5.41) is 0.814. The van der Waals surface area contributed by atoms with E-state index in [1.807, 2.05) is 12.1 Å². The summed E-state index contributed by atoms with van der Waals surface area (Å²) in [7, 11) is 0. The molecule has 0 aliphatic carbocycles. The Morgan fingerprint density at radius 2 is 1.15 bits per heavy atom. The number of benzene rings is 2. The minimum Gasteiger partial charge on any atom is -0.0843 e. The maximum Gasteiger partial charge on any atom is 0.0406 e. The minimum atomic E-state index is 0.583. The average molecular weight is 287 g/mol. The zero-order valence-corrected chi connectivity index (χ0v) is 13.3. The van der Waals surface area contributed by atoms with Crippen molar-refractivity contribution < 1.29 is 0 Å². The molecule has 2 unspecified atom stereocenters. The van der Waals surface area contributed by atoms with Crippen molar-refractivity contribution in [1.82, 2.24) is 0 Å². The van der Waals surface area contributed by atoms with Crippen molar-refractivity contribution in [3.63, 3.8) is 0 Å². The summed E-state index contributed by atoms with van der Waals surface area (Å²) < 4.78 is 0. The maximum absolute atomic E-state index is 5.94. The lowest BCUT2D eigenvalue weighted by molar-refractivity contribution is 0.574. The second kappa shape index (κ2) is 6.95. The number of hydrogen-bond acceptors (Lipinski definition) is 0. The van der Waals surface area contributed by atoms with Crippen molar-refractivity contribution in [2.75, 3.05) is 0 Å². The Kier molecular flexibility index (Phi) is 5.25. The highest BCUT2D eigenvalue weighted by Gasteiger charge is 2.10. The fourth-order valence-electron chi connectivity index (χ4n) is 2.52. The predicted molar refractivity (Wildman–Crippen MR) is 88.7 cm³/mol. The first-order valence-electron chi connectivity index (χ1n) is 7.38. The molecule has 0 nitrogen and oxygen atoms in total. The van der Waals surface area contributed by atoms with Gasteiger partial charge in [-0.25, -0.2) is 0 Å². The van der Waals surface area contributed by atoms with E-state index >= 15 is 0 Å². The number of aryl methyl sites for hydroxylation is 1. The van der Waals surface area contributed by atoms with Gasteiger partial charge >= 0.3 is 0 Å². The van der Waals surface area contributed by atoms with Gasteiger partial charge in [0.05, 0.1) is 0 Å². The Morgan fingerprint density at radius 1 is 0.750 bits per heavy atom. The van der Waals surface area contributed by atoms with Crippen LogP contribution in [0.4, 0.5) is 0 Å². The van der Waals surface area contributed by atoms with Gasteiger partial charge in [0.1, 0.15) is 0 Å². The summed E-state index contributed by atoms with van der Waals surface area (Å²) in [4.78, 5) is 0. The lowest BCUT2D eigenvalue weighted by Gasteiger charge is -2.16. The summed E-state index contributed by atoms with van der Waals surface area (Å²) in [5.41, 5.74) is 4.15. The van der Waals surface area contributed by atoms with Crippen LogP contribution in [0, 0.1) is 6.92 Å². The van der Waals surface area contributed by atoms with Gasteiger partial charge in [0, 0.05) is 5.02 Å². The second-order valence-electron chi connectivity index (χ2n) is 5.84. The molecule has 0 amide bonds. The standard InChI is InChI=1S/C19H23Cl/c1-14-4-8-17(9-5-14)15(2)6-7-16(3)18-10-12-19(20)13-11-18/h4-5,8-13,15-16H,6-7H2,1-3H3. The fourth-order valence-corrected chi connectivity index (χ4v) is 2.65. The molecule has 1 heteroatoms. The van der Waals surface area contributed by atoms with Crippen molar-refractivity contribution in [3.05, 3.63) is 70.2 Å². The van der Waals surface area contributed by atoms with Crippen LogP contribution in [-0.2, 0) is 0 Å². The molecule has 2 aromatic rings. The van der Waals surface area contributed by atoms with Gasteiger partial charge in [-0.2, -0.15) is 0 Å². The number of rotatable bonds is 5. The quantitative estimate of drug-likeness (QED) is 0.602. The van der Waals surface area contributed by atoms with Crippen molar-refractivity contribution in [2.45, 2.75) is 45.4 Å². The highest BCUT2D eigenvalue weighted by molar-refractivity contribution is 6.30. The summed E-state index contributed by atoms with van der Waals surface area (Å²) in [6, 6.07) is 17.2. The van der Waals surface area contributed by atoms with Crippen LogP contribution in [-0.4, -0.2) is 0 Å². The van der Waals surface area contributed by atoms with E-state index < -0.39 is 0 Å². The molecular formula is C19H23Cl. The SMILES string of the molecule is Cc1ccc(C(C)CCC(C)c2ccc(Cl)cc2)cc1. The molecule has 20 heavy (non-hydrogen) atoms. The van der Waals surface area contributed by atoms with E-state index in [-0.39, 0.29) is 0 Å². The lowest BCUT2D eigenvalue weighted by Crippen LogP contribution is -1.99. The van der Waals surface area contributed by atoms with Crippen LogP contribution in [0.25, 0.3) is 0 Å². The summed E-state index contributed by atoms with van der Waals surface area (Å²) in [5.74, 6) is 1.20. The molecule has 0 spiro atoms. The minimum absolute atomic E-state index is 0.583. The van der Waals surface area contributed by atoms with Gasteiger partial charge in [-0.3, -0.25) is 0 Å². The Hall–Kier alpha value is -1.27. The van der Waals surface area contributed by atoms with Crippen LogP contribution in [0.2, 0.25) is 5.02 Å². The van der Waals surface area contributed by atoms with Gasteiger partial charge in [-0.15, -0.1) is 0 Å². The van der Waals surface area contributed by atoms with Crippen LogP contribution in [0.5, 0.6) is 0 Å². The monoisotopic (exact) mass is 286 g/mol. The van der Waals surface area contributed by atoms with Gasteiger partial charge in [0.15, 0.2) is 0 Å². The van der Waals surface area contributed by atoms with E-state index in [2.05, 4.69) is 57.2 Å². The molecule has 0 aliphatic rings. The molecule has 0 aromatic heterocycles. The second-order valence-corrected chi connectivity index (χ2v) is 6.28. The molecule has 0 saturated heterocycles. The van der Waals surface area contributed by atoms with E-state index in [1.54, 1.807) is 0 Å². The first kappa shape index (κ1) is 15.1. The van der Waals surface area contributed by atoms with Crippen molar-refractivity contribution >= 4 is 11.6 Å². The van der Waals surface area contributed by atoms with Crippen molar-refractivity contribution in [2.24, 2.45) is 0 Å². The molecule has 0 aliphatic heterocycles. The molecule has 2 rings (SSSR count). The van der Waals surface area contributed by atoms with Crippen LogP contribution in [0.15, 0.2) is 48.5 Å². The third-order valence-electron chi connectivity index (χ3n) is 4.12. The third-order valence-corrected chi connectivity index (χ3v) is 4.37. The maximum atomic E-state index is 5.94. The molecule has 0 bridgehead atoms. The molecule has 0 radical (unpaired) electrons. The number of halogens is 1. The van der Waals surface area contributed by atoms with E-state index in [0.29, 0.717) is 11.8 Å². The molecule has 106 valence electrons. The van der Waals surface area contributed by atoms with E-state index in [1.165, 1.54) is 29.5 Å². The molecule has 2 atom stereocenters. The Labute approximate surface area is 127 Å². The lowest BCUT2D eigenvalue weighted by atomic mass is 9.89. The van der Waals surface area contributed by atoms with E-state index in [4.69, 9.17) is 11.6 Å². The van der Waals surface area contributed by atoms with Crippen LogP contribution in [0.3, 0.4) is 0 Å². The normalized spacial score (nSPS) is 14.0. The summed E-state index contributed by atoms with van der Waals surface area (Å²) >= 11 is 5.94. The van der Waals surface area contributed by atoms with Gasteiger partial charge in [-0.1, -0.05) is 67.4 Å². The molecule has 0 N–H and O–H groups in total. The molecular weight excluding hydrogens is 264 g/mol. The zero-order chi connectivity index (χ0) is 14.5.